The molecular weight excluding hydrogens is 130 g/mol. The third-order valence-corrected chi connectivity index (χ3v) is 0.959. The van der Waals surface area contributed by atoms with Crippen molar-refractivity contribution < 1.29 is 0 Å². The van der Waals surface area contributed by atoms with Gasteiger partial charge in [0.15, 0.2) is 0 Å². The fourth-order valence-electron chi connectivity index (χ4n) is 0.366. The maximum absolute atomic E-state index is 10.4. The zero-order valence-corrected chi connectivity index (χ0v) is 4.72. The Hall–Kier alpha value is -0.770. The van der Waals surface area contributed by atoms with Crippen LogP contribution in [0.5, 0.6) is 0 Å². The van der Waals surface area contributed by atoms with E-state index in [9.17, 15) is 4.79 Å². The van der Waals surface area contributed by atoms with E-state index in [1.807, 2.05) is 0 Å². The summed E-state index contributed by atoms with van der Waals surface area (Å²) in [4.78, 5) is 12.7. The van der Waals surface area contributed by atoms with Crippen molar-refractivity contribution in [2.75, 3.05) is 0 Å². The second-order valence-corrected chi connectivity index (χ2v) is 1.45. The molecule has 0 unspecified atom stereocenters. The van der Waals surface area contributed by atoms with Gasteiger partial charge in [-0.25, -0.2) is 4.79 Å². The van der Waals surface area contributed by atoms with Crippen LogP contribution in [0.2, 0.25) is 0 Å². The Morgan fingerprint density at radius 1 is 2.00 bits per heavy atom. The first-order valence-electron chi connectivity index (χ1n) is 2.01. The van der Waals surface area contributed by atoms with Crippen LogP contribution in [-0.2, 0) is 6.00 Å². The molecule has 8 heavy (non-hydrogen) atoms. The standard InChI is InChI=1S/C3H4ClN3O/c4-1-7-3(8)5-2-6-7/h2H,1H2,(H,5,6,8). The van der Waals surface area contributed by atoms with Crippen LogP contribution < -0.4 is 5.69 Å². The second-order valence-electron chi connectivity index (χ2n) is 1.21. The first-order valence-corrected chi connectivity index (χ1v) is 2.54. The lowest BCUT2D eigenvalue weighted by molar-refractivity contribution is 0.712. The van der Waals surface area contributed by atoms with Crippen LogP contribution in [-0.4, -0.2) is 14.8 Å². The van der Waals surface area contributed by atoms with E-state index in [1.165, 1.54) is 6.33 Å². The molecule has 0 amide bonds. The smallest absolute Gasteiger partial charge is 0.295 e. The van der Waals surface area contributed by atoms with E-state index in [0.717, 1.165) is 4.68 Å². The molecule has 0 aliphatic carbocycles. The number of rotatable bonds is 1. The molecule has 1 aromatic rings. The van der Waals surface area contributed by atoms with Crippen molar-refractivity contribution in [2.45, 2.75) is 6.00 Å². The van der Waals surface area contributed by atoms with Gasteiger partial charge >= 0.3 is 5.69 Å². The van der Waals surface area contributed by atoms with Gasteiger partial charge in [0.1, 0.15) is 12.3 Å². The number of aromatic nitrogens is 3. The summed E-state index contributed by atoms with van der Waals surface area (Å²) >= 11 is 5.25. The molecule has 0 spiro atoms. The minimum atomic E-state index is -0.278. The molecule has 1 aromatic heterocycles. The fraction of sp³-hybridized carbons (Fsp3) is 0.333. The van der Waals surface area contributed by atoms with Crippen LogP contribution in [0.1, 0.15) is 0 Å². The van der Waals surface area contributed by atoms with E-state index in [-0.39, 0.29) is 11.7 Å². The fourth-order valence-corrected chi connectivity index (χ4v) is 0.536. The van der Waals surface area contributed by atoms with E-state index in [4.69, 9.17) is 11.6 Å². The average Bonchev–Trinajstić information content (AvgIpc) is 2.14. The Morgan fingerprint density at radius 3 is 3.00 bits per heavy atom. The third-order valence-electron chi connectivity index (χ3n) is 0.733. The molecule has 44 valence electrons. The van der Waals surface area contributed by atoms with Gasteiger partial charge in [-0.1, -0.05) is 0 Å². The summed E-state index contributed by atoms with van der Waals surface area (Å²) < 4.78 is 1.11. The van der Waals surface area contributed by atoms with Crippen molar-refractivity contribution >= 4 is 11.6 Å². The average molecular weight is 134 g/mol. The quantitative estimate of drug-likeness (QED) is 0.538. The van der Waals surface area contributed by atoms with Crippen molar-refractivity contribution in [3.8, 4) is 0 Å². The Bertz CT molecular complexity index is 214. The van der Waals surface area contributed by atoms with Gasteiger partial charge in [-0.2, -0.15) is 9.78 Å². The van der Waals surface area contributed by atoms with Crippen LogP contribution in [0.15, 0.2) is 11.1 Å². The number of alkyl halides is 1. The Kier molecular flexibility index (Phi) is 1.34. The first-order chi connectivity index (χ1) is 3.84. The number of nitrogens with one attached hydrogen (secondary N) is 1. The van der Waals surface area contributed by atoms with Gasteiger partial charge in [0.05, 0.1) is 0 Å². The maximum Gasteiger partial charge on any atom is 0.344 e. The summed E-state index contributed by atoms with van der Waals surface area (Å²) in [5, 5.41) is 3.55. The molecule has 0 saturated heterocycles. The van der Waals surface area contributed by atoms with Crippen LogP contribution in [0, 0.1) is 0 Å². The van der Waals surface area contributed by atoms with Crippen molar-refractivity contribution in [2.24, 2.45) is 0 Å². The highest BCUT2D eigenvalue weighted by Gasteiger charge is 1.89. The predicted molar refractivity (Wildman–Crippen MR) is 28.7 cm³/mol. The lowest BCUT2D eigenvalue weighted by Crippen LogP contribution is -2.15. The Labute approximate surface area is 50.1 Å². The van der Waals surface area contributed by atoms with Gasteiger partial charge in [-0.15, -0.1) is 11.6 Å². The summed E-state index contributed by atoms with van der Waals surface area (Å²) in [7, 11) is 0. The molecule has 1 rings (SSSR count). The largest absolute Gasteiger partial charge is 0.344 e. The SMILES string of the molecule is O=c1[nH]cnn1CCl. The molecule has 1 heterocycles. The van der Waals surface area contributed by atoms with Gasteiger partial charge in [0.25, 0.3) is 0 Å². The van der Waals surface area contributed by atoms with E-state index in [2.05, 4.69) is 10.1 Å². The second kappa shape index (κ2) is 2.00. The summed E-state index contributed by atoms with van der Waals surface area (Å²) in [6, 6.07) is 0.0995. The Balaban J connectivity index is 3.11. The van der Waals surface area contributed by atoms with Crippen molar-refractivity contribution in [1.82, 2.24) is 14.8 Å². The first kappa shape index (κ1) is 5.37. The molecule has 1 N–H and O–H groups in total. The molecule has 0 aliphatic rings. The molecule has 5 heteroatoms. The number of H-pyrrole nitrogens is 1. The lowest BCUT2D eigenvalue weighted by atomic mass is 11.2. The highest BCUT2D eigenvalue weighted by molar-refractivity contribution is 6.15. The molecular formula is C3H4ClN3O. The third kappa shape index (κ3) is 0.742. The van der Waals surface area contributed by atoms with E-state index < -0.39 is 0 Å². The number of hydrogen-bond donors (Lipinski definition) is 1. The summed E-state index contributed by atoms with van der Waals surface area (Å²) in [6.45, 7) is 0. The summed E-state index contributed by atoms with van der Waals surface area (Å²) in [5.74, 6) is 0. The Morgan fingerprint density at radius 2 is 2.75 bits per heavy atom. The summed E-state index contributed by atoms with van der Waals surface area (Å²) in [5.41, 5.74) is -0.278. The van der Waals surface area contributed by atoms with Gasteiger partial charge in [-0.05, 0) is 0 Å². The van der Waals surface area contributed by atoms with Crippen LogP contribution in [0.3, 0.4) is 0 Å². The predicted octanol–water partition coefficient (Wildman–Crippen LogP) is -0.232. The maximum atomic E-state index is 10.4. The molecule has 0 fully saturated rings. The highest BCUT2D eigenvalue weighted by Crippen LogP contribution is 1.75. The highest BCUT2D eigenvalue weighted by atomic mass is 35.5. The van der Waals surface area contributed by atoms with Crippen LogP contribution in [0.25, 0.3) is 0 Å². The van der Waals surface area contributed by atoms with Gasteiger partial charge < -0.3 is 0 Å². The van der Waals surface area contributed by atoms with Gasteiger partial charge in [0, 0.05) is 0 Å². The number of aromatic amines is 1. The minimum absolute atomic E-state index is 0.0995. The molecule has 0 aromatic carbocycles. The molecule has 0 radical (unpaired) electrons. The van der Waals surface area contributed by atoms with Crippen molar-refractivity contribution in [3.05, 3.63) is 16.8 Å². The van der Waals surface area contributed by atoms with Crippen LogP contribution in [0.4, 0.5) is 0 Å². The number of nitrogens with zero attached hydrogens (tertiary/aromatic N) is 2. The monoisotopic (exact) mass is 133 g/mol. The normalized spacial score (nSPS) is 9.62. The molecule has 4 nitrogen and oxygen atoms in total. The molecule has 0 bridgehead atoms. The lowest BCUT2D eigenvalue weighted by Gasteiger charge is -1.82. The molecule has 0 saturated carbocycles. The van der Waals surface area contributed by atoms with Gasteiger partial charge in [0.2, 0.25) is 0 Å². The summed E-state index contributed by atoms with van der Waals surface area (Å²) in [6.07, 6.45) is 1.30. The molecule has 0 aliphatic heterocycles. The van der Waals surface area contributed by atoms with Gasteiger partial charge in [-0.3, -0.25) is 4.98 Å². The minimum Gasteiger partial charge on any atom is -0.295 e. The van der Waals surface area contributed by atoms with E-state index >= 15 is 0 Å². The topological polar surface area (TPSA) is 50.7 Å². The number of halogens is 1. The molecule has 0 atom stereocenters. The van der Waals surface area contributed by atoms with Crippen LogP contribution >= 0.6 is 11.6 Å². The van der Waals surface area contributed by atoms with E-state index in [1.54, 1.807) is 0 Å². The zero-order valence-electron chi connectivity index (χ0n) is 3.97. The number of hydrogen-bond acceptors (Lipinski definition) is 2. The zero-order chi connectivity index (χ0) is 5.98. The van der Waals surface area contributed by atoms with Crippen molar-refractivity contribution in [3.63, 3.8) is 0 Å². The van der Waals surface area contributed by atoms with E-state index in [0.29, 0.717) is 0 Å². The van der Waals surface area contributed by atoms with Crippen molar-refractivity contribution in [1.29, 1.82) is 0 Å².